The summed E-state index contributed by atoms with van der Waals surface area (Å²) in [6.45, 7) is 4.99. The molecule has 3 N–H and O–H groups in total. The standard InChI is InChI=1S/C17H19N5O4.C2HF3O2/c23-16-12-3-2-11(26-7-1-4-22-5-8-25-9-6-22)10-13(12)18-17(24)15-14(16)19-21-20-15;3-2(4,5)1(6)7/h2-3,10H,1,4-9H2,(H,18,24)(H,19,20,21);(H,6,7). The van der Waals surface area contributed by atoms with Crippen molar-refractivity contribution in [3.05, 3.63) is 38.8 Å². The summed E-state index contributed by atoms with van der Waals surface area (Å²) in [7, 11) is 0. The highest BCUT2D eigenvalue weighted by atomic mass is 19.4. The number of fused-ring (bicyclic) bond motifs is 2. The number of hydrogen-bond acceptors (Lipinski definition) is 8. The molecule has 1 aromatic carbocycles. The summed E-state index contributed by atoms with van der Waals surface area (Å²) < 4.78 is 42.8. The zero-order valence-corrected chi connectivity index (χ0v) is 17.1. The van der Waals surface area contributed by atoms with Crippen LogP contribution in [0.15, 0.2) is 27.8 Å². The summed E-state index contributed by atoms with van der Waals surface area (Å²) in [4.78, 5) is 38.6. The number of hydrogen-bond donors (Lipinski definition) is 3. The summed E-state index contributed by atoms with van der Waals surface area (Å²) >= 11 is 0. The lowest BCUT2D eigenvalue weighted by molar-refractivity contribution is -0.192. The van der Waals surface area contributed by atoms with Gasteiger partial charge in [-0.1, -0.05) is 0 Å². The van der Waals surface area contributed by atoms with Gasteiger partial charge >= 0.3 is 12.1 Å². The number of nitrogens with one attached hydrogen (secondary N) is 2. The van der Waals surface area contributed by atoms with Crippen LogP contribution in [0, 0.1) is 0 Å². The van der Waals surface area contributed by atoms with E-state index in [1.807, 2.05) is 0 Å². The number of rotatable bonds is 5. The van der Waals surface area contributed by atoms with Crippen LogP contribution >= 0.6 is 0 Å². The number of aliphatic carboxylic acids is 1. The van der Waals surface area contributed by atoms with Crippen molar-refractivity contribution in [2.24, 2.45) is 0 Å². The van der Waals surface area contributed by atoms with Gasteiger partial charge in [0.25, 0.3) is 5.56 Å². The fourth-order valence-corrected chi connectivity index (χ4v) is 3.07. The lowest BCUT2D eigenvalue weighted by Gasteiger charge is -2.26. The minimum absolute atomic E-state index is 0.000760. The van der Waals surface area contributed by atoms with Crippen LogP contribution in [0.4, 0.5) is 13.2 Å². The molecule has 0 spiro atoms. The third-order valence-electron chi connectivity index (χ3n) is 4.70. The zero-order chi connectivity index (χ0) is 24.0. The number of morpholine rings is 1. The summed E-state index contributed by atoms with van der Waals surface area (Å²) in [5, 5.41) is 17.3. The molecule has 33 heavy (non-hydrogen) atoms. The van der Waals surface area contributed by atoms with Crippen molar-refractivity contribution in [1.82, 2.24) is 25.3 Å². The van der Waals surface area contributed by atoms with Gasteiger partial charge in [-0.2, -0.15) is 28.6 Å². The predicted molar refractivity (Wildman–Crippen MR) is 109 cm³/mol. The van der Waals surface area contributed by atoms with E-state index in [9.17, 15) is 22.8 Å². The van der Waals surface area contributed by atoms with Gasteiger partial charge in [-0.15, -0.1) is 0 Å². The minimum atomic E-state index is -5.08. The first kappa shape index (κ1) is 24.1. The van der Waals surface area contributed by atoms with Gasteiger partial charge in [-0.25, -0.2) is 4.79 Å². The summed E-state index contributed by atoms with van der Waals surface area (Å²) in [5.74, 6) is -2.15. The number of carboxylic acid groups (broad SMARTS) is 1. The molecular weight excluding hydrogens is 451 g/mol. The molecule has 0 saturated carbocycles. The molecule has 1 fully saturated rings. The molecule has 3 aromatic rings. The Morgan fingerprint density at radius 2 is 1.85 bits per heavy atom. The Balaban J connectivity index is 0.000000383. The number of benzene rings is 1. The van der Waals surface area contributed by atoms with E-state index in [0.717, 1.165) is 39.3 Å². The molecule has 2 aromatic heterocycles. The molecule has 1 aliphatic heterocycles. The van der Waals surface area contributed by atoms with E-state index in [0.29, 0.717) is 23.3 Å². The summed E-state index contributed by atoms with van der Waals surface area (Å²) in [6, 6.07) is 5.02. The van der Waals surface area contributed by atoms with Crippen LogP contribution < -0.4 is 15.7 Å². The molecule has 14 heteroatoms. The zero-order valence-electron chi connectivity index (χ0n) is 17.1. The van der Waals surface area contributed by atoms with Crippen molar-refractivity contribution >= 4 is 27.9 Å². The number of carbonyl (C=O) groups is 1. The van der Waals surface area contributed by atoms with Gasteiger partial charge in [0.05, 0.1) is 25.3 Å². The number of alkyl halides is 3. The number of nitrogens with zero attached hydrogens (tertiary/aromatic N) is 3. The highest BCUT2D eigenvalue weighted by Crippen LogP contribution is 2.17. The van der Waals surface area contributed by atoms with Gasteiger partial charge in [0.2, 0.25) is 5.43 Å². The molecular formula is C19H20F3N5O6. The van der Waals surface area contributed by atoms with Crippen molar-refractivity contribution < 1.29 is 32.5 Å². The van der Waals surface area contributed by atoms with Crippen LogP contribution in [0.25, 0.3) is 21.9 Å². The smallest absolute Gasteiger partial charge is 0.490 e. The number of aromatic nitrogens is 4. The van der Waals surface area contributed by atoms with E-state index in [4.69, 9.17) is 19.4 Å². The van der Waals surface area contributed by atoms with E-state index >= 15 is 0 Å². The number of aromatic amines is 2. The molecule has 0 bridgehead atoms. The number of ether oxygens (including phenoxy) is 2. The first-order valence-corrected chi connectivity index (χ1v) is 9.80. The average molecular weight is 471 g/mol. The fourth-order valence-electron chi connectivity index (χ4n) is 3.07. The maximum Gasteiger partial charge on any atom is 0.490 e. The summed E-state index contributed by atoms with van der Waals surface area (Å²) in [5.41, 5.74) is -0.378. The quantitative estimate of drug-likeness (QED) is 0.461. The molecule has 0 radical (unpaired) electrons. The lowest BCUT2D eigenvalue weighted by Crippen LogP contribution is -2.37. The first-order valence-electron chi connectivity index (χ1n) is 9.80. The monoisotopic (exact) mass is 471 g/mol. The molecule has 1 saturated heterocycles. The number of H-pyrrole nitrogens is 2. The Morgan fingerprint density at radius 3 is 2.52 bits per heavy atom. The molecule has 0 amide bonds. The van der Waals surface area contributed by atoms with E-state index < -0.39 is 17.7 Å². The second-order valence-corrected chi connectivity index (χ2v) is 6.97. The number of halogens is 3. The Bertz CT molecular complexity index is 1240. The molecule has 11 nitrogen and oxygen atoms in total. The topological polar surface area (TPSA) is 150 Å². The minimum Gasteiger partial charge on any atom is -0.493 e. The first-order chi connectivity index (χ1) is 15.7. The highest BCUT2D eigenvalue weighted by molar-refractivity contribution is 5.87. The third-order valence-corrected chi connectivity index (χ3v) is 4.70. The largest absolute Gasteiger partial charge is 0.493 e. The molecule has 0 aliphatic carbocycles. The van der Waals surface area contributed by atoms with Crippen LogP contribution in [-0.2, 0) is 9.53 Å². The third kappa shape index (κ3) is 6.26. The SMILES string of the molecule is O=C(O)C(F)(F)F.O=c1[nH]c2cc(OCCCN3CCOCC3)ccc2c(=O)c2n[nH]nc12. The molecule has 3 heterocycles. The van der Waals surface area contributed by atoms with Gasteiger partial charge in [0.15, 0.2) is 11.0 Å². The van der Waals surface area contributed by atoms with Crippen LogP contribution in [0.2, 0.25) is 0 Å². The van der Waals surface area contributed by atoms with Gasteiger partial charge in [0, 0.05) is 31.1 Å². The van der Waals surface area contributed by atoms with Crippen LogP contribution in [0.1, 0.15) is 6.42 Å². The van der Waals surface area contributed by atoms with Crippen molar-refractivity contribution in [3.8, 4) is 5.75 Å². The van der Waals surface area contributed by atoms with Gasteiger partial charge in [-0.3, -0.25) is 14.5 Å². The molecule has 178 valence electrons. The lowest BCUT2D eigenvalue weighted by atomic mass is 10.2. The van der Waals surface area contributed by atoms with E-state index in [2.05, 4.69) is 25.3 Å². The van der Waals surface area contributed by atoms with Crippen LogP contribution in [0.5, 0.6) is 5.75 Å². The molecule has 1 aliphatic rings. The maximum absolute atomic E-state index is 12.5. The van der Waals surface area contributed by atoms with Crippen molar-refractivity contribution in [2.45, 2.75) is 12.6 Å². The van der Waals surface area contributed by atoms with Crippen molar-refractivity contribution in [1.29, 1.82) is 0 Å². The number of carboxylic acids is 1. The van der Waals surface area contributed by atoms with E-state index in [-0.39, 0.29) is 16.5 Å². The Labute approximate surface area is 183 Å². The Hall–Kier alpha value is -3.52. The molecule has 0 unspecified atom stereocenters. The van der Waals surface area contributed by atoms with E-state index in [1.54, 1.807) is 18.2 Å². The van der Waals surface area contributed by atoms with Crippen molar-refractivity contribution in [2.75, 3.05) is 39.5 Å². The second-order valence-electron chi connectivity index (χ2n) is 6.97. The Morgan fingerprint density at radius 1 is 1.18 bits per heavy atom. The van der Waals surface area contributed by atoms with E-state index in [1.165, 1.54) is 0 Å². The van der Waals surface area contributed by atoms with Crippen molar-refractivity contribution in [3.63, 3.8) is 0 Å². The normalized spacial score (nSPS) is 14.6. The van der Waals surface area contributed by atoms with Crippen LogP contribution in [0.3, 0.4) is 0 Å². The average Bonchev–Trinajstić information content (AvgIpc) is 3.24. The maximum atomic E-state index is 12.5. The van der Waals surface area contributed by atoms with Gasteiger partial charge in [-0.05, 0) is 18.6 Å². The summed E-state index contributed by atoms with van der Waals surface area (Å²) in [6.07, 6.45) is -4.19. The van der Waals surface area contributed by atoms with Gasteiger partial charge < -0.3 is 19.6 Å². The fraction of sp³-hybridized carbons (Fsp3) is 0.421. The van der Waals surface area contributed by atoms with Gasteiger partial charge in [0.1, 0.15) is 5.75 Å². The predicted octanol–water partition coefficient (Wildman–Crippen LogP) is 0.894. The van der Waals surface area contributed by atoms with Crippen LogP contribution in [-0.4, -0.2) is 82.0 Å². The highest BCUT2D eigenvalue weighted by Gasteiger charge is 2.38. The molecule has 0 atom stereocenters. The second kappa shape index (κ2) is 10.4. The Kier molecular flexibility index (Phi) is 7.60. The molecule has 4 rings (SSSR count).